The fourth-order valence-electron chi connectivity index (χ4n) is 1.79. The first kappa shape index (κ1) is 12.9. The quantitative estimate of drug-likeness (QED) is 0.852. The van der Waals surface area contributed by atoms with Gasteiger partial charge in [0, 0.05) is 17.5 Å². The van der Waals surface area contributed by atoms with Crippen LogP contribution in [0.5, 0.6) is 0 Å². The van der Waals surface area contributed by atoms with Crippen LogP contribution in [0.3, 0.4) is 0 Å². The number of benzene rings is 1. The van der Waals surface area contributed by atoms with Crippen molar-refractivity contribution < 1.29 is 0 Å². The van der Waals surface area contributed by atoms with E-state index in [2.05, 4.69) is 53.4 Å². The highest BCUT2D eigenvalue weighted by molar-refractivity contribution is 7.99. The van der Waals surface area contributed by atoms with Crippen molar-refractivity contribution in [2.45, 2.75) is 30.2 Å². The Morgan fingerprint density at radius 3 is 2.67 bits per heavy atom. The lowest BCUT2D eigenvalue weighted by Gasteiger charge is -2.11. The summed E-state index contributed by atoms with van der Waals surface area (Å²) in [5.41, 5.74) is 2.45. The van der Waals surface area contributed by atoms with Gasteiger partial charge in [-0.15, -0.1) is 0 Å². The van der Waals surface area contributed by atoms with E-state index >= 15 is 0 Å². The molecular formula is C14H17N3S. The van der Waals surface area contributed by atoms with Gasteiger partial charge in [-0.05, 0) is 25.0 Å². The van der Waals surface area contributed by atoms with E-state index in [1.165, 1.54) is 16.0 Å². The Bertz CT molecular complexity index is 540. The summed E-state index contributed by atoms with van der Waals surface area (Å²) in [6.45, 7) is 4.25. The zero-order valence-electron chi connectivity index (χ0n) is 10.9. The van der Waals surface area contributed by atoms with Crippen LogP contribution >= 0.6 is 11.8 Å². The van der Waals surface area contributed by atoms with Gasteiger partial charge in [-0.2, -0.15) is 0 Å². The average Bonchev–Trinajstić information content (AvgIpc) is 2.41. The van der Waals surface area contributed by atoms with Gasteiger partial charge in [0.15, 0.2) is 0 Å². The lowest BCUT2D eigenvalue weighted by molar-refractivity contribution is 0.946. The zero-order valence-corrected chi connectivity index (χ0v) is 11.7. The predicted molar refractivity (Wildman–Crippen MR) is 76.3 cm³/mol. The van der Waals surface area contributed by atoms with Gasteiger partial charge < -0.3 is 5.32 Å². The van der Waals surface area contributed by atoms with Crippen LogP contribution in [0, 0.1) is 6.92 Å². The van der Waals surface area contributed by atoms with Crippen LogP contribution in [0.1, 0.15) is 18.1 Å². The van der Waals surface area contributed by atoms with Crippen LogP contribution in [0.4, 0.5) is 5.82 Å². The van der Waals surface area contributed by atoms with E-state index in [1.807, 2.05) is 7.05 Å². The number of anilines is 1. The maximum absolute atomic E-state index is 4.41. The zero-order chi connectivity index (χ0) is 13.0. The summed E-state index contributed by atoms with van der Waals surface area (Å²) in [6.07, 6.45) is 2.54. The molecule has 4 heteroatoms. The molecule has 0 saturated carbocycles. The molecule has 1 heterocycles. The fourth-order valence-corrected chi connectivity index (χ4v) is 2.84. The molecule has 0 fully saturated rings. The fraction of sp³-hybridized carbons (Fsp3) is 0.286. The Kier molecular flexibility index (Phi) is 4.20. The van der Waals surface area contributed by atoms with Gasteiger partial charge in [-0.3, -0.25) is 0 Å². The third-order valence-electron chi connectivity index (χ3n) is 2.80. The van der Waals surface area contributed by atoms with Crippen molar-refractivity contribution in [3.63, 3.8) is 0 Å². The normalized spacial score (nSPS) is 10.4. The minimum Gasteiger partial charge on any atom is -0.373 e. The first-order chi connectivity index (χ1) is 8.76. The molecule has 0 radical (unpaired) electrons. The van der Waals surface area contributed by atoms with Crippen molar-refractivity contribution in [2.24, 2.45) is 0 Å². The molecule has 18 heavy (non-hydrogen) atoms. The topological polar surface area (TPSA) is 37.8 Å². The SMILES string of the molecule is CCc1c(NC)ncnc1Sc1ccccc1C. The first-order valence-electron chi connectivity index (χ1n) is 6.01. The van der Waals surface area contributed by atoms with Crippen molar-refractivity contribution in [1.29, 1.82) is 0 Å². The Labute approximate surface area is 112 Å². The second-order valence-corrected chi connectivity index (χ2v) is 5.01. The molecule has 94 valence electrons. The smallest absolute Gasteiger partial charge is 0.133 e. The van der Waals surface area contributed by atoms with Crippen LogP contribution in [0.2, 0.25) is 0 Å². The van der Waals surface area contributed by atoms with Crippen molar-refractivity contribution in [1.82, 2.24) is 9.97 Å². The Balaban J connectivity index is 2.37. The van der Waals surface area contributed by atoms with Gasteiger partial charge in [0.1, 0.15) is 17.2 Å². The van der Waals surface area contributed by atoms with Crippen LogP contribution in [-0.4, -0.2) is 17.0 Å². The van der Waals surface area contributed by atoms with E-state index in [4.69, 9.17) is 0 Å². The summed E-state index contributed by atoms with van der Waals surface area (Å²) in [7, 11) is 1.89. The summed E-state index contributed by atoms with van der Waals surface area (Å²) >= 11 is 1.70. The maximum Gasteiger partial charge on any atom is 0.133 e. The summed E-state index contributed by atoms with van der Waals surface area (Å²) < 4.78 is 0. The summed E-state index contributed by atoms with van der Waals surface area (Å²) in [4.78, 5) is 9.91. The molecule has 0 atom stereocenters. The molecule has 0 aliphatic rings. The Hall–Kier alpha value is -1.55. The second kappa shape index (κ2) is 5.87. The summed E-state index contributed by atoms with van der Waals surface area (Å²) in [6, 6.07) is 8.36. The van der Waals surface area contributed by atoms with E-state index in [0.29, 0.717) is 0 Å². The number of aromatic nitrogens is 2. The number of nitrogens with one attached hydrogen (secondary N) is 1. The molecular weight excluding hydrogens is 242 g/mol. The molecule has 0 aliphatic carbocycles. The molecule has 2 rings (SSSR count). The van der Waals surface area contributed by atoms with E-state index in [-0.39, 0.29) is 0 Å². The molecule has 0 saturated heterocycles. The Morgan fingerprint density at radius 1 is 1.22 bits per heavy atom. The van der Waals surface area contributed by atoms with E-state index in [0.717, 1.165) is 17.3 Å². The van der Waals surface area contributed by atoms with Crippen LogP contribution in [0.15, 0.2) is 40.5 Å². The van der Waals surface area contributed by atoms with Crippen molar-refractivity contribution in [2.75, 3.05) is 12.4 Å². The monoisotopic (exact) mass is 259 g/mol. The molecule has 0 bridgehead atoms. The largest absolute Gasteiger partial charge is 0.373 e. The number of nitrogens with zero attached hydrogens (tertiary/aromatic N) is 2. The lowest BCUT2D eigenvalue weighted by atomic mass is 10.2. The lowest BCUT2D eigenvalue weighted by Crippen LogP contribution is -2.01. The second-order valence-electron chi connectivity index (χ2n) is 3.98. The van der Waals surface area contributed by atoms with E-state index in [9.17, 15) is 0 Å². The standard InChI is InChI=1S/C14H17N3S/c1-4-11-13(15-3)16-9-17-14(11)18-12-8-6-5-7-10(12)2/h5-9H,4H2,1-3H3,(H,15,16,17). The third-order valence-corrected chi connectivity index (χ3v) is 4.02. The van der Waals surface area contributed by atoms with E-state index in [1.54, 1.807) is 18.1 Å². The molecule has 3 nitrogen and oxygen atoms in total. The van der Waals surface area contributed by atoms with Gasteiger partial charge in [0.2, 0.25) is 0 Å². The molecule has 0 amide bonds. The molecule has 2 aromatic rings. The highest BCUT2D eigenvalue weighted by atomic mass is 32.2. The van der Waals surface area contributed by atoms with Crippen molar-refractivity contribution in [3.05, 3.63) is 41.7 Å². The molecule has 1 N–H and O–H groups in total. The molecule has 1 aromatic heterocycles. The molecule has 0 spiro atoms. The minimum atomic E-state index is 0.920. The molecule has 1 aromatic carbocycles. The number of aryl methyl sites for hydroxylation is 1. The Morgan fingerprint density at radius 2 is 2.00 bits per heavy atom. The predicted octanol–water partition coefficient (Wildman–Crippen LogP) is 3.54. The summed E-state index contributed by atoms with van der Waals surface area (Å²) in [5, 5.41) is 4.16. The van der Waals surface area contributed by atoms with Gasteiger partial charge in [-0.1, -0.05) is 36.9 Å². The number of hydrogen-bond donors (Lipinski definition) is 1. The van der Waals surface area contributed by atoms with Crippen molar-refractivity contribution >= 4 is 17.6 Å². The van der Waals surface area contributed by atoms with Gasteiger partial charge >= 0.3 is 0 Å². The first-order valence-corrected chi connectivity index (χ1v) is 6.83. The van der Waals surface area contributed by atoms with Crippen LogP contribution in [0.25, 0.3) is 0 Å². The summed E-state index contributed by atoms with van der Waals surface area (Å²) in [5.74, 6) is 0.920. The minimum absolute atomic E-state index is 0.920. The highest BCUT2D eigenvalue weighted by Crippen LogP contribution is 2.33. The highest BCUT2D eigenvalue weighted by Gasteiger charge is 2.10. The molecule has 0 aliphatic heterocycles. The number of rotatable bonds is 4. The van der Waals surface area contributed by atoms with Crippen molar-refractivity contribution in [3.8, 4) is 0 Å². The third kappa shape index (κ3) is 2.64. The average molecular weight is 259 g/mol. The van der Waals surface area contributed by atoms with Gasteiger partial charge in [0.25, 0.3) is 0 Å². The van der Waals surface area contributed by atoms with E-state index < -0.39 is 0 Å². The van der Waals surface area contributed by atoms with Gasteiger partial charge in [0.05, 0.1) is 0 Å². The molecule has 0 unspecified atom stereocenters. The van der Waals surface area contributed by atoms with Crippen LogP contribution < -0.4 is 5.32 Å². The van der Waals surface area contributed by atoms with Gasteiger partial charge in [-0.25, -0.2) is 9.97 Å². The van der Waals surface area contributed by atoms with Crippen LogP contribution in [-0.2, 0) is 6.42 Å². The maximum atomic E-state index is 4.41. The number of hydrogen-bond acceptors (Lipinski definition) is 4.